The average Bonchev–Trinajstić information content (AvgIpc) is 3.35. The van der Waals surface area contributed by atoms with Crippen LogP contribution in [0.25, 0.3) is 10.2 Å². The van der Waals surface area contributed by atoms with E-state index < -0.39 is 0 Å². The van der Waals surface area contributed by atoms with Crippen molar-refractivity contribution in [3.05, 3.63) is 108 Å². The Labute approximate surface area is 211 Å². The normalized spacial score (nSPS) is 11.8. The van der Waals surface area contributed by atoms with Gasteiger partial charge in [-0.2, -0.15) is 5.11 Å². The topological polar surface area (TPSA) is 96.5 Å². The maximum Gasteiger partial charge on any atom is 0.210 e. The smallest absolute Gasteiger partial charge is 0.210 e. The fourth-order valence-electron chi connectivity index (χ4n) is 3.61. The highest BCUT2D eigenvalue weighted by Crippen LogP contribution is 2.38. The van der Waals surface area contributed by atoms with Crippen molar-refractivity contribution in [3.63, 3.8) is 0 Å². The molecule has 4 aromatic carbocycles. The van der Waals surface area contributed by atoms with Crippen molar-refractivity contribution in [1.29, 1.82) is 0 Å². The van der Waals surface area contributed by atoms with E-state index in [1.807, 2.05) is 78.9 Å². The molecule has 0 aliphatic carbocycles. The zero-order valence-corrected chi connectivity index (χ0v) is 20.0. The first-order valence-corrected chi connectivity index (χ1v) is 11.8. The quantitative estimate of drug-likeness (QED) is 0.145. The Morgan fingerprint density at radius 3 is 2.36 bits per heavy atom. The molecular weight excluding hydrogens is 472 g/mol. The van der Waals surface area contributed by atoms with E-state index >= 15 is 0 Å². The van der Waals surface area contributed by atoms with Gasteiger partial charge in [0.25, 0.3) is 0 Å². The van der Waals surface area contributed by atoms with Crippen LogP contribution in [0.15, 0.2) is 106 Å². The van der Waals surface area contributed by atoms with E-state index in [9.17, 15) is 9.90 Å². The van der Waals surface area contributed by atoms with E-state index in [2.05, 4.69) is 15.2 Å². The van der Waals surface area contributed by atoms with Gasteiger partial charge in [-0.1, -0.05) is 65.9 Å². The number of hydrogen-bond acceptors (Lipinski definition) is 8. The fraction of sp³-hybridized carbons (Fsp3) is 0.0357. The third-order valence-electron chi connectivity index (χ3n) is 5.38. The zero-order chi connectivity index (χ0) is 24.9. The highest BCUT2D eigenvalue weighted by Gasteiger charge is 2.12. The van der Waals surface area contributed by atoms with Gasteiger partial charge < -0.3 is 9.84 Å². The van der Waals surface area contributed by atoms with Gasteiger partial charge in [-0.05, 0) is 36.4 Å². The molecule has 0 bridgehead atoms. The number of para-hydroxylation sites is 1. The van der Waals surface area contributed by atoms with Gasteiger partial charge in [0.2, 0.25) is 5.13 Å². The van der Waals surface area contributed by atoms with Crippen LogP contribution in [-0.2, 0) is 0 Å². The van der Waals surface area contributed by atoms with Crippen LogP contribution in [-0.4, -0.2) is 29.2 Å². The lowest BCUT2D eigenvalue weighted by Crippen LogP contribution is -2.02. The summed E-state index contributed by atoms with van der Waals surface area (Å²) < 4.78 is 6.19. The number of aldehydes is 1. The van der Waals surface area contributed by atoms with Crippen LogP contribution in [0.1, 0.15) is 21.5 Å². The summed E-state index contributed by atoms with van der Waals surface area (Å²) in [7, 11) is 1.41. The predicted molar refractivity (Wildman–Crippen MR) is 142 cm³/mol. The van der Waals surface area contributed by atoms with Crippen LogP contribution in [0.4, 0.5) is 16.5 Å². The Balaban J connectivity index is 1.48. The fourth-order valence-corrected chi connectivity index (χ4v) is 4.45. The number of fused-ring (bicyclic) bond motifs is 1. The number of carbonyl (C=O) groups is 1. The van der Waals surface area contributed by atoms with Gasteiger partial charge >= 0.3 is 0 Å². The number of thiazole rings is 1. The van der Waals surface area contributed by atoms with Gasteiger partial charge in [-0.25, -0.2) is 9.98 Å². The summed E-state index contributed by atoms with van der Waals surface area (Å²) in [4.78, 5) is 20.7. The van der Waals surface area contributed by atoms with Crippen LogP contribution in [0, 0.1) is 0 Å². The second-order valence-electron chi connectivity index (χ2n) is 7.75. The molecule has 7 nitrogen and oxygen atoms in total. The molecule has 0 spiro atoms. The van der Waals surface area contributed by atoms with Crippen molar-refractivity contribution < 1.29 is 14.6 Å². The summed E-state index contributed by atoms with van der Waals surface area (Å²) in [6.07, 6.45) is 0.658. The highest BCUT2D eigenvalue weighted by molar-refractivity contribution is 7.22. The Bertz CT molecular complexity index is 1560. The molecule has 0 saturated heterocycles. The SMILES string of the molecule is COc1cc(C=O)cc(N=Nc2ccc(C(=Nc3nc4ccccc4s3)c3ccccc3)cc2)c1O. The van der Waals surface area contributed by atoms with Crippen LogP contribution in [0.2, 0.25) is 0 Å². The third-order valence-corrected chi connectivity index (χ3v) is 6.31. The minimum Gasteiger partial charge on any atom is -0.503 e. The van der Waals surface area contributed by atoms with Gasteiger partial charge in [-0.3, -0.25) is 4.79 Å². The van der Waals surface area contributed by atoms with Crippen molar-refractivity contribution in [1.82, 2.24) is 4.98 Å². The Kier molecular flexibility index (Phi) is 6.59. The number of phenolic OH excluding ortho intramolecular Hbond substituents is 1. The molecule has 5 rings (SSSR count). The molecule has 0 fully saturated rings. The van der Waals surface area contributed by atoms with Crippen LogP contribution in [0.5, 0.6) is 11.5 Å². The second-order valence-corrected chi connectivity index (χ2v) is 8.76. The number of aromatic hydroxyl groups is 1. The number of rotatable bonds is 7. The molecule has 1 N–H and O–H groups in total. The van der Waals surface area contributed by atoms with E-state index in [1.54, 1.807) is 11.3 Å². The highest BCUT2D eigenvalue weighted by atomic mass is 32.1. The first-order valence-electron chi connectivity index (χ1n) is 11.0. The van der Waals surface area contributed by atoms with Crippen molar-refractivity contribution >= 4 is 50.1 Å². The van der Waals surface area contributed by atoms with Crippen molar-refractivity contribution in [2.24, 2.45) is 15.2 Å². The molecule has 176 valence electrons. The number of nitrogens with zero attached hydrogens (tertiary/aromatic N) is 4. The van der Waals surface area contributed by atoms with E-state index in [-0.39, 0.29) is 17.2 Å². The average molecular weight is 493 g/mol. The third kappa shape index (κ3) is 4.89. The summed E-state index contributed by atoms with van der Waals surface area (Å²) in [5, 5.41) is 19.3. The molecule has 0 atom stereocenters. The molecule has 0 aliphatic heterocycles. The number of carbonyl (C=O) groups excluding carboxylic acids is 1. The number of ether oxygens (including phenoxy) is 1. The molecule has 36 heavy (non-hydrogen) atoms. The van der Waals surface area contributed by atoms with E-state index in [1.165, 1.54) is 19.2 Å². The van der Waals surface area contributed by atoms with Crippen LogP contribution in [0.3, 0.4) is 0 Å². The molecular formula is C28H20N4O3S. The lowest BCUT2D eigenvalue weighted by Gasteiger charge is -2.07. The summed E-state index contributed by atoms with van der Waals surface area (Å²) in [6, 6.07) is 28.2. The van der Waals surface area contributed by atoms with E-state index in [0.29, 0.717) is 22.7 Å². The van der Waals surface area contributed by atoms with Gasteiger partial charge in [0, 0.05) is 16.7 Å². The summed E-state index contributed by atoms with van der Waals surface area (Å²) in [5.41, 5.74) is 4.61. The molecule has 0 saturated carbocycles. The zero-order valence-electron chi connectivity index (χ0n) is 19.2. The first-order chi connectivity index (χ1) is 17.6. The lowest BCUT2D eigenvalue weighted by atomic mass is 10.0. The van der Waals surface area contributed by atoms with Gasteiger partial charge in [0.05, 0.1) is 28.7 Å². The van der Waals surface area contributed by atoms with Gasteiger partial charge in [0.1, 0.15) is 12.0 Å². The number of azo groups is 1. The number of methoxy groups -OCH3 is 1. The van der Waals surface area contributed by atoms with Crippen molar-refractivity contribution in [2.75, 3.05) is 7.11 Å². The molecule has 0 aliphatic rings. The Hall–Kier alpha value is -4.69. The molecule has 8 heteroatoms. The lowest BCUT2D eigenvalue weighted by molar-refractivity contribution is 0.112. The van der Waals surface area contributed by atoms with E-state index in [4.69, 9.17) is 9.73 Å². The van der Waals surface area contributed by atoms with Crippen LogP contribution >= 0.6 is 11.3 Å². The van der Waals surface area contributed by atoms with E-state index in [0.717, 1.165) is 27.1 Å². The minimum atomic E-state index is -0.183. The molecule has 0 unspecified atom stereocenters. The minimum absolute atomic E-state index is 0.142. The molecule has 1 aromatic heterocycles. The summed E-state index contributed by atoms with van der Waals surface area (Å²) in [6.45, 7) is 0. The van der Waals surface area contributed by atoms with Crippen molar-refractivity contribution in [3.8, 4) is 11.5 Å². The van der Waals surface area contributed by atoms with Crippen molar-refractivity contribution in [2.45, 2.75) is 0 Å². The monoisotopic (exact) mass is 492 g/mol. The maximum absolute atomic E-state index is 11.2. The molecule has 5 aromatic rings. The number of benzene rings is 4. The first kappa shape index (κ1) is 23.1. The maximum atomic E-state index is 11.2. The standard InChI is InChI=1S/C28H20N4O3S/c1-35-24-16-18(17-33)15-23(27(24)34)32-31-21-13-11-20(12-14-21)26(19-7-3-2-4-8-19)30-28-29-22-9-5-6-10-25(22)36-28/h2-17,34H,1H3. The summed E-state index contributed by atoms with van der Waals surface area (Å²) >= 11 is 1.54. The predicted octanol–water partition coefficient (Wildman–Crippen LogP) is 7.41. The molecule has 1 heterocycles. The Morgan fingerprint density at radius 2 is 1.64 bits per heavy atom. The van der Waals surface area contributed by atoms with Gasteiger partial charge in [0.15, 0.2) is 11.5 Å². The molecule has 0 amide bonds. The number of aromatic nitrogens is 1. The second kappa shape index (κ2) is 10.3. The Morgan fingerprint density at radius 1 is 0.917 bits per heavy atom. The number of phenols is 1. The largest absolute Gasteiger partial charge is 0.503 e. The number of aliphatic imine (C=N–C) groups is 1. The van der Waals surface area contributed by atoms with Gasteiger partial charge in [-0.15, -0.1) is 5.11 Å². The number of hydrogen-bond donors (Lipinski definition) is 1. The molecule has 0 radical (unpaired) electrons. The van der Waals surface area contributed by atoms with Crippen LogP contribution < -0.4 is 4.74 Å². The summed E-state index contributed by atoms with van der Waals surface area (Å²) in [5.74, 6) is -0.0275.